The summed E-state index contributed by atoms with van der Waals surface area (Å²) in [5, 5.41) is 6.22. The Kier molecular flexibility index (Phi) is 6.51. The number of rotatable bonds is 9. The van der Waals surface area contributed by atoms with Crippen LogP contribution >= 0.6 is 0 Å². The third-order valence-electron chi connectivity index (χ3n) is 5.15. The zero-order chi connectivity index (χ0) is 21.0. The van der Waals surface area contributed by atoms with Crippen LogP contribution < -0.4 is 10.6 Å². The number of hydrogen-bond acceptors (Lipinski definition) is 3. The number of aromatic nitrogens is 1. The first-order chi connectivity index (χ1) is 13.8. The normalized spacial score (nSPS) is 16.7. The molecule has 7 nitrogen and oxygen atoms in total. The van der Waals surface area contributed by atoms with E-state index in [1.165, 1.54) is 17.0 Å². The molecule has 1 atom stereocenters. The molecule has 2 heterocycles. The first-order valence-electron chi connectivity index (χ1n) is 9.99. The van der Waals surface area contributed by atoms with E-state index in [2.05, 4.69) is 29.5 Å². The molecule has 1 aromatic heterocycles. The van der Waals surface area contributed by atoms with Crippen molar-refractivity contribution < 1.29 is 18.8 Å². The SMILES string of the molecule is CC(C)CCNC(=O)CC[C@@H]1NC(=O)N(CCc2c[nH]c3ccc(F)cc23)C1=O. The van der Waals surface area contributed by atoms with E-state index < -0.39 is 12.1 Å². The van der Waals surface area contributed by atoms with E-state index >= 15 is 0 Å². The first kappa shape index (κ1) is 20.8. The van der Waals surface area contributed by atoms with Crippen LogP contribution in [0.4, 0.5) is 9.18 Å². The predicted molar refractivity (Wildman–Crippen MR) is 108 cm³/mol. The zero-order valence-corrected chi connectivity index (χ0v) is 16.8. The van der Waals surface area contributed by atoms with Gasteiger partial charge in [-0.05, 0) is 48.9 Å². The quantitative estimate of drug-likeness (QED) is 0.563. The average Bonchev–Trinajstić information content (AvgIpc) is 3.18. The van der Waals surface area contributed by atoms with Crippen molar-refractivity contribution in [3.05, 3.63) is 35.8 Å². The van der Waals surface area contributed by atoms with Gasteiger partial charge in [0.05, 0.1) is 0 Å². The zero-order valence-electron chi connectivity index (χ0n) is 16.8. The summed E-state index contributed by atoms with van der Waals surface area (Å²) in [4.78, 5) is 40.9. The number of imide groups is 1. The Morgan fingerprint density at radius 1 is 1.31 bits per heavy atom. The van der Waals surface area contributed by atoms with Crippen molar-refractivity contribution in [3.63, 3.8) is 0 Å². The minimum Gasteiger partial charge on any atom is -0.361 e. The Morgan fingerprint density at radius 2 is 2.10 bits per heavy atom. The van der Waals surface area contributed by atoms with Crippen LogP contribution in [-0.4, -0.2) is 46.9 Å². The molecule has 0 radical (unpaired) electrons. The largest absolute Gasteiger partial charge is 0.361 e. The monoisotopic (exact) mass is 402 g/mol. The highest BCUT2D eigenvalue weighted by molar-refractivity contribution is 6.04. The third-order valence-corrected chi connectivity index (χ3v) is 5.15. The Labute approximate surface area is 169 Å². The fraction of sp³-hybridized carbons (Fsp3) is 0.476. The summed E-state index contributed by atoms with van der Waals surface area (Å²) in [7, 11) is 0. The Bertz CT molecular complexity index is 908. The fourth-order valence-corrected chi connectivity index (χ4v) is 3.44. The van der Waals surface area contributed by atoms with Crippen LogP contribution in [0.3, 0.4) is 0 Å². The number of nitrogens with zero attached hydrogens (tertiary/aromatic N) is 1. The topological polar surface area (TPSA) is 94.3 Å². The standard InChI is InChI=1S/C21H27FN4O3/c1-13(2)7-9-23-19(27)6-5-18-20(28)26(21(29)25-18)10-8-14-12-24-17-4-3-15(22)11-16(14)17/h3-4,11-13,18,24H,5-10H2,1-2H3,(H,23,27)(H,25,29)/t18-/m0/s1. The lowest BCUT2D eigenvalue weighted by atomic mass is 10.1. The number of urea groups is 1. The van der Waals surface area contributed by atoms with Gasteiger partial charge < -0.3 is 15.6 Å². The van der Waals surface area contributed by atoms with Crippen molar-refractivity contribution in [2.75, 3.05) is 13.1 Å². The molecule has 3 N–H and O–H groups in total. The Balaban J connectivity index is 1.51. The molecule has 0 bridgehead atoms. The number of carbonyl (C=O) groups excluding carboxylic acids is 3. The minimum atomic E-state index is -0.682. The van der Waals surface area contributed by atoms with Gasteiger partial charge in [0.15, 0.2) is 0 Å². The second-order valence-electron chi connectivity index (χ2n) is 7.82. The molecule has 0 spiro atoms. The Hall–Kier alpha value is -2.90. The van der Waals surface area contributed by atoms with Crippen LogP contribution in [-0.2, 0) is 16.0 Å². The van der Waals surface area contributed by atoms with E-state index in [0.717, 1.165) is 22.9 Å². The lowest BCUT2D eigenvalue weighted by Crippen LogP contribution is -2.34. The molecule has 4 amide bonds. The number of hydrogen-bond donors (Lipinski definition) is 3. The van der Waals surface area contributed by atoms with Crippen LogP contribution in [0.15, 0.2) is 24.4 Å². The number of amides is 4. The van der Waals surface area contributed by atoms with Gasteiger partial charge >= 0.3 is 6.03 Å². The average molecular weight is 402 g/mol. The van der Waals surface area contributed by atoms with E-state index in [1.807, 2.05) is 0 Å². The lowest BCUT2D eigenvalue weighted by molar-refractivity contribution is -0.127. The van der Waals surface area contributed by atoms with E-state index in [9.17, 15) is 18.8 Å². The predicted octanol–water partition coefficient (Wildman–Crippen LogP) is 2.71. The molecule has 1 aromatic carbocycles. The molecule has 0 aliphatic carbocycles. The number of nitrogens with one attached hydrogen (secondary N) is 3. The van der Waals surface area contributed by atoms with Gasteiger partial charge in [-0.3, -0.25) is 14.5 Å². The van der Waals surface area contributed by atoms with Crippen molar-refractivity contribution in [2.45, 2.75) is 45.6 Å². The molecule has 1 saturated heterocycles. The maximum Gasteiger partial charge on any atom is 0.324 e. The van der Waals surface area contributed by atoms with E-state index in [4.69, 9.17) is 0 Å². The molecule has 2 aromatic rings. The maximum absolute atomic E-state index is 13.5. The van der Waals surface area contributed by atoms with Crippen LogP contribution in [0, 0.1) is 11.7 Å². The number of aromatic amines is 1. The van der Waals surface area contributed by atoms with Gasteiger partial charge in [0.25, 0.3) is 5.91 Å². The lowest BCUT2D eigenvalue weighted by Gasteiger charge is -2.13. The minimum absolute atomic E-state index is 0.119. The molecule has 0 unspecified atom stereocenters. The fourth-order valence-electron chi connectivity index (χ4n) is 3.44. The number of carbonyl (C=O) groups is 3. The molecular formula is C21H27FN4O3. The summed E-state index contributed by atoms with van der Waals surface area (Å²) in [6, 6.07) is 3.34. The smallest absolute Gasteiger partial charge is 0.324 e. The van der Waals surface area contributed by atoms with Crippen LogP contribution in [0.25, 0.3) is 10.9 Å². The molecule has 29 heavy (non-hydrogen) atoms. The van der Waals surface area contributed by atoms with Crippen molar-refractivity contribution >= 4 is 28.7 Å². The Morgan fingerprint density at radius 3 is 2.86 bits per heavy atom. The summed E-state index contributed by atoms with van der Waals surface area (Å²) >= 11 is 0. The van der Waals surface area contributed by atoms with Crippen molar-refractivity contribution in [1.82, 2.24) is 20.5 Å². The number of H-pyrrole nitrogens is 1. The van der Waals surface area contributed by atoms with E-state index in [-0.39, 0.29) is 37.0 Å². The van der Waals surface area contributed by atoms with E-state index in [0.29, 0.717) is 18.9 Å². The molecular weight excluding hydrogens is 375 g/mol. The number of halogens is 1. The van der Waals surface area contributed by atoms with Crippen LogP contribution in [0.1, 0.15) is 38.7 Å². The van der Waals surface area contributed by atoms with Crippen LogP contribution in [0.2, 0.25) is 0 Å². The molecule has 8 heteroatoms. The third kappa shape index (κ3) is 5.13. The summed E-state index contributed by atoms with van der Waals surface area (Å²) in [6.07, 6.45) is 3.54. The van der Waals surface area contributed by atoms with Gasteiger partial charge in [0.2, 0.25) is 5.91 Å². The number of fused-ring (bicyclic) bond motifs is 1. The van der Waals surface area contributed by atoms with Gasteiger partial charge in [-0.15, -0.1) is 0 Å². The first-order valence-corrected chi connectivity index (χ1v) is 9.99. The van der Waals surface area contributed by atoms with Gasteiger partial charge in [-0.2, -0.15) is 0 Å². The molecule has 0 saturated carbocycles. The van der Waals surface area contributed by atoms with Crippen molar-refractivity contribution in [1.29, 1.82) is 0 Å². The summed E-state index contributed by atoms with van der Waals surface area (Å²) in [5.74, 6) is -0.267. The molecule has 1 aliphatic heterocycles. The molecule has 1 aliphatic rings. The summed E-state index contributed by atoms with van der Waals surface area (Å²) < 4.78 is 13.5. The summed E-state index contributed by atoms with van der Waals surface area (Å²) in [6.45, 7) is 4.98. The molecule has 3 rings (SSSR count). The van der Waals surface area contributed by atoms with Crippen molar-refractivity contribution in [2.24, 2.45) is 5.92 Å². The van der Waals surface area contributed by atoms with Gasteiger partial charge in [-0.1, -0.05) is 13.8 Å². The molecule has 156 valence electrons. The van der Waals surface area contributed by atoms with Crippen LogP contribution in [0.5, 0.6) is 0 Å². The summed E-state index contributed by atoms with van der Waals surface area (Å²) in [5.41, 5.74) is 1.65. The highest BCUT2D eigenvalue weighted by Gasteiger charge is 2.37. The maximum atomic E-state index is 13.5. The highest BCUT2D eigenvalue weighted by Crippen LogP contribution is 2.21. The molecule has 1 fully saturated rings. The van der Waals surface area contributed by atoms with Crippen molar-refractivity contribution in [3.8, 4) is 0 Å². The van der Waals surface area contributed by atoms with Gasteiger partial charge in [0, 0.05) is 36.6 Å². The van der Waals surface area contributed by atoms with Gasteiger partial charge in [-0.25, -0.2) is 9.18 Å². The second-order valence-corrected chi connectivity index (χ2v) is 7.82. The highest BCUT2D eigenvalue weighted by atomic mass is 19.1. The number of benzene rings is 1. The second kappa shape index (κ2) is 9.07. The van der Waals surface area contributed by atoms with E-state index in [1.54, 1.807) is 12.3 Å². The van der Waals surface area contributed by atoms with Gasteiger partial charge in [0.1, 0.15) is 11.9 Å².